The first kappa shape index (κ1) is 8.79. The Morgan fingerprint density at radius 2 is 1.60 bits per heavy atom. The smallest absolute Gasteiger partial charge is 0.0525 e. The quantitative estimate of drug-likeness (QED) is 0.601. The number of thioether (sulfide) groups is 2. The van der Waals surface area contributed by atoms with Crippen molar-refractivity contribution in [3.05, 3.63) is 0 Å². The zero-order valence-electron chi connectivity index (χ0n) is 6.80. The van der Waals surface area contributed by atoms with Crippen LogP contribution in [0.1, 0.15) is 26.7 Å². The lowest BCUT2D eigenvalue weighted by Gasteiger charge is -2.16. The minimum absolute atomic E-state index is 0.855. The van der Waals surface area contributed by atoms with Gasteiger partial charge in [0.05, 0.1) is 4.58 Å². The van der Waals surface area contributed by atoms with Gasteiger partial charge in [-0.2, -0.15) is 0 Å². The molecule has 0 aromatic carbocycles. The molecule has 60 valence electrons. The van der Waals surface area contributed by atoms with Crippen LogP contribution in [0, 0.1) is 5.92 Å². The molecule has 0 nitrogen and oxygen atoms in total. The maximum Gasteiger partial charge on any atom is 0.0525 e. The summed E-state index contributed by atoms with van der Waals surface area (Å²) in [5.41, 5.74) is 0. The lowest BCUT2D eigenvalue weighted by Crippen LogP contribution is -2.05. The Balaban J connectivity index is 2.28. The SMILES string of the molecule is CC(C)C1SCCCCS1. The highest BCUT2D eigenvalue weighted by Crippen LogP contribution is 2.34. The summed E-state index contributed by atoms with van der Waals surface area (Å²) in [7, 11) is 0. The zero-order valence-corrected chi connectivity index (χ0v) is 8.43. The molecule has 1 heterocycles. The lowest BCUT2D eigenvalue weighted by molar-refractivity contribution is 0.721. The summed E-state index contributed by atoms with van der Waals surface area (Å²) < 4.78 is 0.877. The Hall–Kier alpha value is 0.700. The summed E-state index contributed by atoms with van der Waals surface area (Å²) in [4.78, 5) is 0. The van der Waals surface area contributed by atoms with Crippen LogP contribution >= 0.6 is 23.5 Å². The summed E-state index contributed by atoms with van der Waals surface area (Å²) in [6.45, 7) is 4.66. The predicted octanol–water partition coefficient (Wildman–Crippen LogP) is 3.23. The molecule has 0 aromatic rings. The highest BCUT2D eigenvalue weighted by molar-refractivity contribution is 8.17. The molecule has 2 heteroatoms. The summed E-state index contributed by atoms with van der Waals surface area (Å²) in [5, 5.41) is 0. The van der Waals surface area contributed by atoms with Gasteiger partial charge in [-0.05, 0) is 30.3 Å². The van der Waals surface area contributed by atoms with Crippen LogP contribution in [0.2, 0.25) is 0 Å². The van der Waals surface area contributed by atoms with Gasteiger partial charge in [-0.25, -0.2) is 0 Å². The number of rotatable bonds is 1. The van der Waals surface area contributed by atoms with Crippen LogP contribution in [0.5, 0.6) is 0 Å². The van der Waals surface area contributed by atoms with Gasteiger partial charge in [0.1, 0.15) is 0 Å². The first-order chi connectivity index (χ1) is 4.80. The molecule has 0 atom stereocenters. The molecule has 1 aliphatic rings. The third kappa shape index (κ3) is 2.75. The van der Waals surface area contributed by atoms with E-state index in [2.05, 4.69) is 37.4 Å². The van der Waals surface area contributed by atoms with Crippen LogP contribution in [0.15, 0.2) is 0 Å². The van der Waals surface area contributed by atoms with Crippen molar-refractivity contribution in [2.45, 2.75) is 31.3 Å². The summed E-state index contributed by atoms with van der Waals surface area (Å²) >= 11 is 4.31. The fourth-order valence-corrected chi connectivity index (χ4v) is 3.97. The Kier molecular flexibility index (Phi) is 4.00. The van der Waals surface area contributed by atoms with Crippen molar-refractivity contribution in [3.8, 4) is 0 Å². The van der Waals surface area contributed by atoms with Crippen LogP contribution in [0.3, 0.4) is 0 Å². The van der Waals surface area contributed by atoms with Crippen LogP contribution in [-0.2, 0) is 0 Å². The van der Waals surface area contributed by atoms with E-state index in [1.54, 1.807) is 0 Å². The number of hydrogen-bond donors (Lipinski definition) is 0. The topological polar surface area (TPSA) is 0 Å². The second kappa shape index (κ2) is 4.55. The normalized spacial score (nSPS) is 23.1. The van der Waals surface area contributed by atoms with Gasteiger partial charge < -0.3 is 0 Å². The van der Waals surface area contributed by atoms with E-state index >= 15 is 0 Å². The first-order valence-corrected chi connectivity index (χ1v) is 6.13. The molecule has 0 saturated carbocycles. The van der Waals surface area contributed by atoms with Crippen molar-refractivity contribution in [1.82, 2.24) is 0 Å². The van der Waals surface area contributed by atoms with E-state index in [-0.39, 0.29) is 0 Å². The molecule has 0 spiro atoms. The average Bonchev–Trinajstić information content (AvgIpc) is 2.12. The fourth-order valence-electron chi connectivity index (χ4n) is 1.04. The minimum atomic E-state index is 0.855. The summed E-state index contributed by atoms with van der Waals surface area (Å²) in [5.74, 6) is 3.62. The van der Waals surface area contributed by atoms with Gasteiger partial charge in [-0.1, -0.05) is 13.8 Å². The van der Waals surface area contributed by atoms with Gasteiger partial charge in [0.2, 0.25) is 0 Å². The molecule has 1 rings (SSSR count). The molecule has 10 heavy (non-hydrogen) atoms. The molecular weight excluding hydrogens is 160 g/mol. The molecule has 0 radical (unpaired) electrons. The molecule has 0 aliphatic carbocycles. The van der Waals surface area contributed by atoms with E-state index in [9.17, 15) is 0 Å². The molecule has 0 aromatic heterocycles. The van der Waals surface area contributed by atoms with E-state index in [1.165, 1.54) is 24.3 Å². The predicted molar refractivity (Wildman–Crippen MR) is 52.8 cm³/mol. The van der Waals surface area contributed by atoms with Crippen molar-refractivity contribution >= 4 is 23.5 Å². The molecular formula is C8H16S2. The standard InChI is InChI=1S/C8H16S2/c1-7(2)8-9-5-3-4-6-10-8/h7-8H,3-6H2,1-2H3. The molecule has 0 bridgehead atoms. The zero-order chi connectivity index (χ0) is 7.40. The van der Waals surface area contributed by atoms with Crippen molar-refractivity contribution in [2.75, 3.05) is 11.5 Å². The molecule has 1 aliphatic heterocycles. The average molecular weight is 176 g/mol. The van der Waals surface area contributed by atoms with Crippen LogP contribution < -0.4 is 0 Å². The van der Waals surface area contributed by atoms with Gasteiger partial charge in [0, 0.05) is 0 Å². The van der Waals surface area contributed by atoms with E-state index in [1.807, 2.05) is 0 Å². The first-order valence-electron chi connectivity index (χ1n) is 4.04. The van der Waals surface area contributed by atoms with Crippen LogP contribution in [0.4, 0.5) is 0 Å². The third-order valence-corrected chi connectivity index (χ3v) is 5.26. The second-order valence-corrected chi connectivity index (χ2v) is 5.86. The van der Waals surface area contributed by atoms with Gasteiger partial charge in [-0.15, -0.1) is 23.5 Å². The van der Waals surface area contributed by atoms with E-state index in [4.69, 9.17) is 0 Å². The van der Waals surface area contributed by atoms with Crippen molar-refractivity contribution in [3.63, 3.8) is 0 Å². The molecule has 0 amide bonds. The Labute approximate surface area is 72.5 Å². The molecule has 1 saturated heterocycles. The largest absolute Gasteiger partial charge is 0.147 e. The molecule has 0 N–H and O–H groups in total. The van der Waals surface area contributed by atoms with Crippen molar-refractivity contribution in [1.29, 1.82) is 0 Å². The van der Waals surface area contributed by atoms with Gasteiger partial charge >= 0.3 is 0 Å². The fraction of sp³-hybridized carbons (Fsp3) is 1.00. The van der Waals surface area contributed by atoms with Gasteiger partial charge in [-0.3, -0.25) is 0 Å². The maximum atomic E-state index is 2.33. The van der Waals surface area contributed by atoms with E-state index in [0.29, 0.717) is 0 Å². The van der Waals surface area contributed by atoms with Gasteiger partial charge in [0.15, 0.2) is 0 Å². The number of hydrogen-bond acceptors (Lipinski definition) is 2. The molecule has 0 unspecified atom stereocenters. The highest BCUT2D eigenvalue weighted by atomic mass is 32.2. The Morgan fingerprint density at radius 1 is 1.10 bits per heavy atom. The monoisotopic (exact) mass is 176 g/mol. The van der Waals surface area contributed by atoms with Crippen LogP contribution in [0.25, 0.3) is 0 Å². The Morgan fingerprint density at radius 3 is 2.00 bits per heavy atom. The molecule has 1 fully saturated rings. The third-order valence-electron chi connectivity index (χ3n) is 1.65. The highest BCUT2D eigenvalue weighted by Gasteiger charge is 2.15. The van der Waals surface area contributed by atoms with E-state index < -0.39 is 0 Å². The second-order valence-electron chi connectivity index (χ2n) is 3.06. The summed E-state index contributed by atoms with van der Waals surface area (Å²) in [6, 6.07) is 0. The van der Waals surface area contributed by atoms with E-state index in [0.717, 1.165) is 10.5 Å². The van der Waals surface area contributed by atoms with Crippen molar-refractivity contribution in [2.24, 2.45) is 5.92 Å². The van der Waals surface area contributed by atoms with Gasteiger partial charge in [0.25, 0.3) is 0 Å². The Bertz CT molecular complexity index is 83.3. The minimum Gasteiger partial charge on any atom is -0.147 e. The van der Waals surface area contributed by atoms with Crippen LogP contribution in [-0.4, -0.2) is 16.1 Å². The maximum absolute atomic E-state index is 2.33. The summed E-state index contributed by atoms with van der Waals surface area (Å²) in [6.07, 6.45) is 2.86. The lowest BCUT2D eigenvalue weighted by atomic mass is 10.3. The van der Waals surface area contributed by atoms with Crippen molar-refractivity contribution < 1.29 is 0 Å².